The quantitative estimate of drug-likeness (QED) is 0.776. The van der Waals surface area contributed by atoms with Crippen molar-refractivity contribution in [1.82, 2.24) is 30.3 Å². The first-order chi connectivity index (χ1) is 11.3. The number of nitrogens with one attached hydrogen (secondary N) is 2. The lowest BCUT2D eigenvalue weighted by Gasteiger charge is -2.22. The summed E-state index contributed by atoms with van der Waals surface area (Å²) in [4.78, 5) is 19.0. The molecule has 0 radical (unpaired) electrons. The summed E-state index contributed by atoms with van der Waals surface area (Å²) in [6.07, 6.45) is 3.41. The number of hydrogen-bond donors (Lipinski definition) is 2. The third-order valence-corrected chi connectivity index (χ3v) is 4.10. The molecule has 7 nitrogen and oxygen atoms in total. The van der Waals surface area contributed by atoms with Crippen molar-refractivity contribution in [3.8, 4) is 11.4 Å². The predicted molar refractivity (Wildman–Crippen MR) is 83.4 cm³/mol. The van der Waals surface area contributed by atoms with Crippen molar-refractivity contribution in [2.75, 3.05) is 6.54 Å². The summed E-state index contributed by atoms with van der Waals surface area (Å²) in [7, 11) is 0. The van der Waals surface area contributed by atoms with Gasteiger partial charge in [-0.2, -0.15) is 10.2 Å². The number of aromatic amines is 2. The molecule has 0 unspecified atom stereocenters. The summed E-state index contributed by atoms with van der Waals surface area (Å²) in [5.74, 6) is 1.33. The van der Waals surface area contributed by atoms with Crippen LogP contribution in [0, 0.1) is 0 Å². The number of likely N-dealkylation sites (tertiary alicyclic amines) is 1. The van der Waals surface area contributed by atoms with Crippen LogP contribution in [0.5, 0.6) is 0 Å². The molecule has 3 heterocycles. The lowest BCUT2D eigenvalue weighted by Crippen LogP contribution is -2.31. The summed E-state index contributed by atoms with van der Waals surface area (Å²) in [6.45, 7) is 0.712. The van der Waals surface area contributed by atoms with Crippen molar-refractivity contribution in [2.24, 2.45) is 0 Å². The summed E-state index contributed by atoms with van der Waals surface area (Å²) in [5.41, 5.74) is 1.46. The number of H-pyrrole nitrogens is 2. The van der Waals surface area contributed by atoms with Gasteiger partial charge in [0.2, 0.25) is 0 Å². The fraction of sp³-hybridized carbons (Fsp3) is 0.250. The Balaban J connectivity index is 1.60. The van der Waals surface area contributed by atoms with Crippen molar-refractivity contribution < 1.29 is 4.79 Å². The van der Waals surface area contributed by atoms with Crippen molar-refractivity contribution in [3.63, 3.8) is 0 Å². The van der Waals surface area contributed by atoms with Gasteiger partial charge in [0.25, 0.3) is 5.91 Å². The molecule has 2 N–H and O–H groups in total. The Morgan fingerprint density at radius 3 is 2.83 bits per heavy atom. The van der Waals surface area contributed by atoms with Crippen LogP contribution in [-0.4, -0.2) is 42.7 Å². The number of carbonyl (C=O) groups excluding carboxylic acids is 1. The van der Waals surface area contributed by atoms with E-state index in [0.717, 1.165) is 24.2 Å². The molecule has 0 aliphatic carbocycles. The minimum atomic E-state index is -0.0734. The van der Waals surface area contributed by atoms with Gasteiger partial charge in [-0.1, -0.05) is 30.3 Å². The average molecular weight is 308 g/mol. The SMILES string of the molecule is O=C(c1ccn[nH]1)N1CCC[C@H]1c1nc(-c2ccccc2)n[nH]1. The summed E-state index contributed by atoms with van der Waals surface area (Å²) < 4.78 is 0. The van der Waals surface area contributed by atoms with Gasteiger partial charge in [-0.25, -0.2) is 4.98 Å². The Bertz CT molecular complexity index is 795. The van der Waals surface area contributed by atoms with Crippen LogP contribution < -0.4 is 0 Å². The third kappa shape index (κ3) is 2.50. The number of hydrogen-bond acceptors (Lipinski definition) is 4. The van der Waals surface area contributed by atoms with Crippen LogP contribution in [0.4, 0.5) is 0 Å². The Hall–Kier alpha value is -2.96. The van der Waals surface area contributed by atoms with E-state index in [-0.39, 0.29) is 11.9 Å². The maximum absolute atomic E-state index is 12.6. The lowest BCUT2D eigenvalue weighted by atomic mass is 10.2. The maximum atomic E-state index is 12.6. The predicted octanol–water partition coefficient (Wildman–Crippen LogP) is 2.17. The average Bonchev–Trinajstić information content (AvgIpc) is 3.35. The van der Waals surface area contributed by atoms with Crippen LogP contribution in [0.25, 0.3) is 11.4 Å². The number of carbonyl (C=O) groups is 1. The van der Waals surface area contributed by atoms with Crippen molar-refractivity contribution in [2.45, 2.75) is 18.9 Å². The number of amides is 1. The molecule has 2 aromatic heterocycles. The Kier molecular flexibility index (Phi) is 3.38. The monoisotopic (exact) mass is 308 g/mol. The highest BCUT2D eigenvalue weighted by Crippen LogP contribution is 2.31. The molecule has 4 rings (SSSR count). The highest BCUT2D eigenvalue weighted by atomic mass is 16.2. The largest absolute Gasteiger partial charge is 0.327 e. The van der Waals surface area contributed by atoms with Crippen LogP contribution in [0.15, 0.2) is 42.6 Å². The standard InChI is InChI=1S/C16H16N6O/c23-16(12-8-9-17-19-12)22-10-4-7-13(22)15-18-14(20-21-15)11-5-2-1-3-6-11/h1-3,5-6,8-9,13H,4,7,10H2,(H,17,19)(H,18,20,21)/t13-/m0/s1. The second-order valence-corrected chi connectivity index (χ2v) is 5.54. The summed E-state index contributed by atoms with van der Waals surface area (Å²) in [6, 6.07) is 11.4. The molecule has 3 aromatic rings. The van der Waals surface area contributed by atoms with Gasteiger partial charge in [-0.15, -0.1) is 0 Å². The molecule has 1 aliphatic heterocycles. The van der Waals surface area contributed by atoms with Crippen LogP contribution in [-0.2, 0) is 0 Å². The molecule has 1 aromatic carbocycles. The normalized spacial score (nSPS) is 17.6. The van der Waals surface area contributed by atoms with Gasteiger partial charge in [0.05, 0.1) is 6.04 Å². The minimum Gasteiger partial charge on any atom is -0.327 e. The van der Waals surface area contributed by atoms with E-state index in [1.807, 2.05) is 35.2 Å². The molecule has 0 bridgehead atoms. The molecular formula is C16H16N6O. The van der Waals surface area contributed by atoms with Crippen molar-refractivity contribution in [1.29, 1.82) is 0 Å². The van der Waals surface area contributed by atoms with Crippen molar-refractivity contribution >= 4 is 5.91 Å². The topological polar surface area (TPSA) is 90.6 Å². The first kappa shape index (κ1) is 13.7. The maximum Gasteiger partial charge on any atom is 0.272 e. The van der Waals surface area contributed by atoms with Crippen LogP contribution in [0.2, 0.25) is 0 Å². The van der Waals surface area contributed by atoms with Crippen molar-refractivity contribution in [3.05, 3.63) is 54.1 Å². The Morgan fingerprint density at radius 1 is 1.17 bits per heavy atom. The second kappa shape index (κ2) is 5.68. The zero-order valence-electron chi connectivity index (χ0n) is 12.4. The smallest absolute Gasteiger partial charge is 0.272 e. The van der Waals surface area contributed by atoms with E-state index in [1.165, 1.54) is 0 Å². The fourth-order valence-corrected chi connectivity index (χ4v) is 2.96. The molecule has 1 fully saturated rings. The molecule has 0 saturated carbocycles. The van der Waals surface area contributed by atoms with Gasteiger partial charge in [-0.3, -0.25) is 15.0 Å². The van der Waals surface area contributed by atoms with E-state index in [2.05, 4.69) is 25.4 Å². The van der Waals surface area contributed by atoms with E-state index in [1.54, 1.807) is 12.3 Å². The number of nitrogens with zero attached hydrogens (tertiary/aromatic N) is 4. The van der Waals surface area contributed by atoms with Gasteiger partial charge in [0.15, 0.2) is 5.82 Å². The molecule has 1 aliphatic rings. The highest BCUT2D eigenvalue weighted by molar-refractivity contribution is 5.92. The van der Waals surface area contributed by atoms with Crippen LogP contribution >= 0.6 is 0 Å². The van der Waals surface area contributed by atoms with E-state index in [9.17, 15) is 4.79 Å². The zero-order chi connectivity index (χ0) is 15.6. The summed E-state index contributed by atoms with van der Waals surface area (Å²) in [5, 5.41) is 13.9. The lowest BCUT2D eigenvalue weighted by molar-refractivity contribution is 0.0724. The van der Waals surface area contributed by atoms with E-state index in [0.29, 0.717) is 18.1 Å². The highest BCUT2D eigenvalue weighted by Gasteiger charge is 2.33. The zero-order valence-corrected chi connectivity index (χ0v) is 12.4. The van der Waals surface area contributed by atoms with Gasteiger partial charge in [0.1, 0.15) is 11.5 Å². The second-order valence-electron chi connectivity index (χ2n) is 5.54. The molecule has 116 valence electrons. The van der Waals surface area contributed by atoms with Crippen LogP contribution in [0.3, 0.4) is 0 Å². The fourth-order valence-electron chi connectivity index (χ4n) is 2.96. The number of benzene rings is 1. The molecule has 23 heavy (non-hydrogen) atoms. The number of rotatable bonds is 3. The van der Waals surface area contributed by atoms with E-state index >= 15 is 0 Å². The summed E-state index contributed by atoms with van der Waals surface area (Å²) >= 11 is 0. The molecule has 1 amide bonds. The molecule has 1 saturated heterocycles. The molecule has 1 atom stereocenters. The van der Waals surface area contributed by atoms with Gasteiger partial charge in [0, 0.05) is 18.3 Å². The Morgan fingerprint density at radius 2 is 2.04 bits per heavy atom. The first-order valence-electron chi connectivity index (χ1n) is 7.61. The molecule has 7 heteroatoms. The molecule has 0 spiro atoms. The number of aromatic nitrogens is 5. The van der Waals surface area contributed by atoms with E-state index < -0.39 is 0 Å². The van der Waals surface area contributed by atoms with E-state index in [4.69, 9.17) is 0 Å². The minimum absolute atomic E-state index is 0.0531. The van der Waals surface area contributed by atoms with Gasteiger partial charge in [-0.05, 0) is 18.9 Å². The third-order valence-electron chi connectivity index (χ3n) is 4.10. The Labute approximate surface area is 132 Å². The van der Waals surface area contributed by atoms with Crippen LogP contribution in [0.1, 0.15) is 35.2 Å². The van der Waals surface area contributed by atoms with Gasteiger partial charge >= 0.3 is 0 Å². The van der Waals surface area contributed by atoms with Gasteiger partial charge < -0.3 is 4.90 Å². The molecular weight excluding hydrogens is 292 g/mol. The first-order valence-corrected chi connectivity index (χ1v) is 7.61.